The minimum atomic E-state index is -4.62. The monoisotopic (exact) mass is 382 g/mol. The summed E-state index contributed by atoms with van der Waals surface area (Å²) < 4.78 is 54.2. The van der Waals surface area contributed by atoms with Gasteiger partial charge in [-0.2, -0.15) is 40.4 Å². The van der Waals surface area contributed by atoms with Crippen LogP contribution >= 0.6 is 23.5 Å². The van der Waals surface area contributed by atoms with Crippen LogP contribution in [0.4, 0.5) is 0 Å². The van der Waals surface area contributed by atoms with Crippen molar-refractivity contribution in [1.82, 2.24) is 10.6 Å². The minimum absolute atomic E-state index is 1.21. The molecule has 21 heavy (non-hydrogen) atoms. The lowest BCUT2D eigenvalue weighted by atomic mass is 10.6. The maximum atomic E-state index is 9.66. The van der Waals surface area contributed by atoms with E-state index in [1.165, 1.54) is 49.2 Å². The second-order valence-electron chi connectivity index (χ2n) is 4.01. The third-order valence-electron chi connectivity index (χ3n) is 1.99. The van der Waals surface area contributed by atoms with E-state index in [4.69, 9.17) is 9.11 Å². The SMILES string of the molecule is C1CSCCN1.C1CSCCN1.O=S(=O)(O)CS(=O)(=O)O. The molecule has 0 radical (unpaired) electrons. The fourth-order valence-corrected chi connectivity index (χ4v) is 4.29. The van der Waals surface area contributed by atoms with Crippen molar-refractivity contribution in [2.45, 2.75) is 0 Å². The van der Waals surface area contributed by atoms with Gasteiger partial charge in [-0.15, -0.1) is 0 Å². The largest absolute Gasteiger partial charge is 0.315 e. The van der Waals surface area contributed by atoms with Crippen molar-refractivity contribution in [1.29, 1.82) is 0 Å². The van der Waals surface area contributed by atoms with Gasteiger partial charge >= 0.3 is 0 Å². The summed E-state index contributed by atoms with van der Waals surface area (Å²) in [4.78, 5) is 0. The predicted octanol–water partition coefficient (Wildman–Crippen LogP) is -0.635. The maximum absolute atomic E-state index is 9.66. The Morgan fingerprint density at radius 3 is 1.05 bits per heavy atom. The fraction of sp³-hybridized carbons (Fsp3) is 1.00. The molecular formula is C9H22N2O6S4. The standard InChI is InChI=1S/2C4H9NS.CH4O6S2/c2*1-3-6-4-2-5-1;2-8(3,4)1-9(5,6)7/h2*5H,1-4H2;1H2,(H,2,3,4)(H,5,6,7). The summed E-state index contributed by atoms with van der Waals surface area (Å²) in [5.41, 5.74) is 0. The number of rotatable bonds is 2. The van der Waals surface area contributed by atoms with Crippen LogP contribution in [0.3, 0.4) is 0 Å². The van der Waals surface area contributed by atoms with Gasteiger partial charge in [0, 0.05) is 49.2 Å². The highest BCUT2D eigenvalue weighted by Crippen LogP contribution is 1.99. The molecule has 0 bridgehead atoms. The van der Waals surface area contributed by atoms with Crippen molar-refractivity contribution in [3.63, 3.8) is 0 Å². The van der Waals surface area contributed by atoms with Gasteiger partial charge in [0.1, 0.15) is 0 Å². The third kappa shape index (κ3) is 20.4. The van der Waals surface area contributed by atoms with Gasteiger partial charge in [-0.3, -0.25) is 9.11 Å². The Bertz CT molecular complexity index is 380. The van der Waals surface area contributed by atoms with Crippen molar-refractivity contribution in [3.05, 3.63) is 0 Å². The second-order valence-corrected chi connectivity index (χ2v) is 9.73. The van der Waals surface area contributed by atoms with E-state index >= 15 is 0 Å². The number of thioether (sulfide) groups is 2. The predicted molar refractivity (Wildman–Crippen MR) is 88.4 cm³/mol. The Morgan fingerprint density at radius 2 is 1.00 bits per heavy atom. The van der Waals surface area contributed by atoms with Gasteiger partial charge in [0.15, 0.2) is 0 Å². The zero-order valence-corrected chi connectivity index (χ0v) is 14.8. The molecule has 0 amide bonds. The van der Waals surface area contributed by atoms with Crippen LogP contribution in [0.2, 0.25) is 0 Å². The topological polar surface area (TPSA) is 133 Å². The molecule has 0 aromatic carbocycles. The van der Waals surface area contributed by atoms with Gasteiger partial charge in [0.2, 0.25) is 5.08 Å². The second kappa shape index (κ2) is 11.9. The molecule has 0 unspecified atom stereocenters. The quantitative estimate of drug-likeness (QED) is 0.457. The van der Waals surface area contributed by atoms with Gasteiger partial charge in [-0.1, -0.05) is 0 Å². The first kappa shape index (κ1) is 21.4. The van der Waals surface area contributed by atoms with Crippen LogP contribution in [-0.2, 0) is 20.2 Å². The van der Waals surface area contributed by atoms with E-state index in [1.807, 2.05) is 23.5 Å². The molecular weight excluding hydrogens is 360 g/mol. The van der Waals surface area contributed by atoms with Crippen LogP contribution < -0.4 is 10.6 Å². The summed E-state index contributed by atoms with van der Waals surface area (Å²) in [6, 6.07) is 0. The van der Waals surface area contributed by atoms with E-state index in [2.05, 4.69) is 10.6 Å². The first-order valence-electron chi connectivity index (χ1n) is 6.18. The van der Waals surface area contributed by atoms with Crippen LogP contribution in [0.15, 0.2) is 0 Å². The summed E-state index contributed by atoms with van der Waals surface area (Å²) >= 11 is 4.06. The molecule has 0 aromatic rings. The highest BCUT2D eigenvalue weighted by molar-refractivity contribution is 8.02. The molecule has 0 spiro atoms. The average Bonchev–Trinajstić information content (AvgIpc) is 2.40. The molecule has 0 atom stereocenters. The Morgan fingerprint density at radius 1 is 0.714 bits per heavy atom. The van der Waals surface area contributed by atoms with Crippen molar-refractivity contribution in [2.75, 3.05) is 54.3 Å². The molecule has 8 nitrogen and oxygen atoms in total. The van der Waals surface area contributed by atoms with Crippen molar-refractivity contribution >= 4 is 43.8 Å². The van der Waals surface area contributed by atoms with Crippen LogP contribution in [-0.4, -0.2) is 80.2 Å². The molecule has 2 aliphatic heterocycles. The summed E-state index contributed by atoms with van der Waals surface area (Å²) in [5, 5.41) is 4.88. The van der Waals surface area contributed by atoms with E-state index in [-0.39, 0.29) is 0 Å². The maximum Gasteiger partial charge on any atom is 0.281 e. The van der Waals surface area contributed by atoms with E-state index < -0.39 is 25.3 Å². The van der Waals surface area contributed by atoms with Gasteiger partial charge in [-0.25, -0.2) is 0 Å². The van der Waals surface area contributed by atoms with E-state index in [9.17, 15) is 16.8 Å². The molecule has 12 heteroatoms. The Kier molecular flexibility index (Phi) is 12.2. The van der Waals surface area contributed by atoms with Gasteiger partial charge < -0.3 is 10.6 Å². The Balaban J connectivity index is 0.000000293. The van der Waals surface area contributed by atoms with Crippen molar-refractivity contribution in [3.8, 4) is 0 Å². The first-order chi connectivity index (χ1) is 9.71. The highest BCUT2D eigenvalue weighted by atomic mass is 32.3. The molecule has 0 aromatic heterocycles. The molecule has 2 rings (SSSR count). The molecule has 2 fully saturated rings. The van der Waals surface area contributed by atoms with Gasteiger partial charge in [0.25, 0.3) is 20.2 Å². The molecule has 0 saturated carbocycles. The molecule has 4 N–H and O–H groups in total. The Labute approximate surface area is 134 Å². The molecule has 128 valence electrons. The van der Waals surface area contributed by atoms with Crippen molar-refractivity contribution in [2.24, 2.45) is 0 Å². The zero-order valence-electron chi connectivity index (χ0n) is 11.5. The van der Waals surface area contributed by atoms with E-state index in [0.717, 1.165) is 0 Å². The van der Waals surface area contributed by atoms with Gasteiger partial charge in [-0.05, 0) is 0 Å². The minimum Gasteiger partial charge on any atom is -0.315 e. The summed E-state index contributed by atoms with van der Waals surface area (Å²) in [6.45, 7) is 4.85. The normalized spacial score (nSPS) is 19.5. The van der Waals surface area contributed by atoms with E-state index in [1.54, 1.807) is 0 Å². The van der Waals surface area contributed by atoms with Crippen LogP contribution in [0.5, 0.6) is 0 Å². The average molecular weight is 383 g/mol. The number of nitrogens with one attached hydrogen (secondary N) is 2. The van der Waals surface area contributed by atoms with Crippen LogP contribution in [0.1, 0.15) is 0 Å². The summed E-state index contributed by atoms with van der Waals surface area (Å²) in [5.74, 6) is 5.22. The van der Waals surface area contributed by atoms with Crippen molar-refractivity contribution < 1.29 is 25.9 Å². The summed E-state index contributed by atoms with van der Waals surface area (Å²) in [7, 11) is -9.24. The Hall–Kier alpha value is 0.440. The van der Waals surface area contributed by atoms with Crippen LogP contribution in [0.25, 0.3) is 0 Å². The third-order valence-corrected chi connectivity index (χ3v) is 6.34. The summed E-state index contributed by atoms with van der Waals surface area (Å²) in [6.07, 6.45) is 0. The van der Waals surface area contributed by atoms with Gasteiger partial charge in [0.05, 0.1) is 0 Å². The lowest BCUT2D eigenvalue weighted by molar-refractivity contribution is 0.471. The zero-order chi connectivity index (χ0) is 16.2. The molecule has 2 saturated heterocycles. The number of hydrogen-bond donors (Lipinski definition) is 4. The lowest BCUT2D eigenvalue weighted by Gasteiger charge is -2.08. The molecule has 0 aliphatic carbocycles. The first-order valence-corrected chi connectivity index (χ1v) is 11.7. The fourth-order valence-electron chi connectivity index (χ4n) is 1.22. The highest BCUT2D eigenvalue weighted by Gasteiger charge is 2.15. The number of hydrogen-bond acceptors (Lipinski definition) is 8. The lowest BCUT2D eigenvalue weighted by Crippen LogP contribution is -2.24. The smallest absolute Gasteiger partial charge is 0.281 e. The molecule has 2 heterocycles. The molecule has 2 aliphatic rings. The van der Waals surface area contributed by atoms with Crippen LogP contribution in [0, 0.1) is 0 Å². The van der Waals surface area contributed by atoms with E-state index in [0.29, 0.717) is 0 Å².